The van der Waals surface area contributed by atoms with Gasteiger partial charge in [-0.3, -0.25) is 9.69 Å². The quantitative estimate of drug-likeness (QED) is 0.729. The Hall–Kier alpha value is -2.38. The first-order chi connectivity index (χ1) is 13.5. The van der Waals surface area contributed by atoms with E-state index in [0.717, 1.165) is 49.4 Å². The molecule has 7 nitrogen and oxygen atoms in total. The Balaban J connectivity index is 1.62. The monoisotopic (exact) mass is 388 g/mol. The molecular formula is C21H28N2O5. The highest BCUT2D eigenvalue weighted by molar-refractivity contribution is 5.85. The fourth-order valence-electron chi connectivity index (χ4n) is 3.59. The Bertz CT molecular complexity index is 900. The van der Waals surface area contributed by atoms with Crippen molar-refractivity contribution in [1.82, 2.24) is 10.2 Å². The van der Waals surface area contributed by atoms with Gasteiger partial charge in [0.15, 0.2) is 0 Å². The average molecular weight is 388 g/mol. The molecule has 0 radical (unpaired) electrons. The minimum absolute atomic E-state index is 0.0573. The summed E-state index contributed by atoms with van der Waals surface area (Å²) < 4.78 is 16.2. The number of morpholine rings is 1. The van der Waals surface area contributed by atoms with Gasteiger partial charge in [0.25, 0.3) is 0 Å². The molecule has 1 fully saturated rings. The van der Waals surface area contributed by atoms with Crippen LogP contribution in [-0.2, 0) is 16.0 Å². The summed E-state index contributed by atoms with van der Waals surface area (Å²) in [5.74, 6) is 0.625. The first kappa shape index (κ1) is 20.4. The van der Waals surface area contributed by atoms with Crippen molar-refractivity contribution >= 4 is 16.9 Å². The van der Waals surface area contributed by atoms with Gasteiger partial charge in [-0.2, -0.15) is 0 Å². The van der Waals surface area contributed by atoms with Crippen LogP contribution in [0.1, 0.15) is 23.1 Å². The summed E-state index contributed by atoms with van der Waals surface area (Å²) in [6, 6.07) is 3.76. The number of methoxy groups -OCH3 is 1. The van der Waals surface area contributed by atoms with Crippen molar-refractivity contribution in [2.75, 3.05) is 46.5 Å². The molecule has 1 aliphatic heterocycles. The maximum Gasteiger partial charge on any atom is 0.339 e. The van der Waals surface area contributed by atoms with Gasteiger partial charge in [0.05, 0.1) is 20.3 Å². The standard InChI is InChI=1S/C21H28N2O5/c1-14-16-4-6-18(26-3)15(2)20(16)28-21(25)17(14)5-7-19(24)22-8-9-23-10-12-27-13-11-23/h4,6H,5,7-13H2,1-3H3,(H,22,24). The zero-order valence-electron chi connectivity index (χ0n) is 16.8. The molecular weight excluding hydrogens is 360 g/mol. The summed E-state index contributed by atoms with van der Waals surface area (Å²) in [7, 11) is 1.59. The highest BCUT2D eigenvalue weighted by atomic mass is 16.5. The molecule has 1 saturated heterocycles. The number of hydrogen-bond donors (Lipinski definition) is 1. The van der Waals surface area contributed by atoms with E-state index in [-0.39, 0.29) is 18.0 Å². The van der Waals surface area contributed by atoms with Crippen LogP contribution in [-0.4, -0.2) is 57.3 Å². The summed E-state index contributed by atoms with van der Waals surface area (Å²) in [5.41, 5.74) is 2.37. The molecule has 152 valence electrons. The van der Waals surface area contributed by atoms with Gasteiger partial charge in [-0.1, -0.05) is 0 Å². The Labute approximate surface area is 164 Å². The Morgan fingerprint density at radius 1 is 1.21 bits per heavy atom. The third kappa shape index (κ3) is 4.54. The summed E-state index contributed by atoms with van der Waals surface area (Å²) in [5, 5.41) is 3.81. The molecule has 0 saturated carbocycles. The van der Waals surface area contributed by atoms with Crippen LogP contribution < -0.4 is 15.7 Å². The van der Waals surface area contributed by atoms with Crippen molar-refractivity contribution in [2.24, 2.45) is 0 Å². The topological polar surface area (TPSA) is 81.0 Å². The van der Waals surface area contributed by atoms with Crippen LogP contribution in [0.25, 0.3) is 11.0 Å². The van der Waals surface area contributed by atoms with E-state index in [9.17, 15) is 9.59 Å². The predicted molar refractivity (Wildman–Crippen MR) is 107 cm³/mol. The molecule has 1 aromatic heterocycles. The Kier molecular flexibility index (Phi) is 6.70. The van der Waals surface area contributed by atoms with Crippen LogP contribution in [0.2, 0.25) is 0 Å². The van der Waals surface area contributed by atoms with Gasteiger partial charge in [0.2, 0.25) is 5.91 Å². The van der Waals surface area contributed by atoms with Gasteiger partial charge in [-0.15, -0.1) is 0 Å². The second kappa shape index (κ2) is 9.21. The number of fused-ring (bicyclic) bond motifs is 1. The highest BCUT2D eigenvalue weighted by Gasteiger charge is 2.16. The fourth-order valence-corrected chi connectivity index (χ4v) is 3.59. The van der Waals surface area contributed by atoms with Gasteiger partial charge in [-0.05, 0) is 38.0 Å². The van der Waals surface area contributed by atoms with Crippen molar-refractivity contribution in [1.29, 1.82) is 0 Å². The summed E-state index contributed by atoms with van der Waals surface area (Å²) in [6.07, 6.45) is 0.619. The average Bonchev–Trinajstić information content (AvgIpc) is 2.69. The first-order valence-corrected chi connectivity index (χ1v) is 9.68. The number of hydrogen-bond acceptors (Lipinski definition) is 6. The van der Waals surface area contributed by atoms with Crippen LogP contribution in [0.3, 0.4) is 0 Å². The SMILES string of the molecule is COc1ccc2c(C)c(CCC(=O)NCCN3CCOCC3)c(=O)oc2c1C. The zero-order chi connectivity index (χ0) is 20.1. The van der Waals surface area contributed by atoms with E-state index in [0.29, 0.717) is 29.9 Å². The second-order valence-electron chi connectivity index (χ2n) is 7.07. The summed E-state index contributed by atoms with van der Waals surface area (Å²) in [6.45, 7) is 8.47. The van der Waals surface area contributed by atoms with E-state index in [4.69, 9.17) is 13.9 Å². The largest absolute Gasteiger partial charge is 0.496 e. The van der Waals surface area contributed by atoms with Crippen LogP contribution in [0.5, 0.6) is 5.75 Å². The normalized spacial score (nSPS) is 15.0. The molecule has 0 aliphatic carbocycles. The third-order valence-corrected chi connectivity index (χ3v) is 5.33. The lowest BCUT2D eigenvalue weighted by Gasteiger charge is -2.26. The lowest BCUT2D eigenvalue weighted by molar-refractivity contribution is -0.121. The summed E-state index contributed by atoms with van der Waals surface area (Å²) in [4.78, 5) is 26.9. The number of nitrogens with one attached hydrogen (secondary N) is 1. The van der Waals surface area contributed by atoms with Crippen molar-refractivity contribution in [2.45, 2.75) is 26.7 Å². The number of carbonyl (C=O) groups is 1. The van der Waals surface area contributed by atoms with E-state index in [1.165, 1.54) is 0 Å². The van der Waals surface area contributed by atoms with E-state index >= 15 is 0 Å². The molecule has 28 heavy (non-hydrogen) atoms. The van der Waals surface area contributed by atoms with E-state index in [1.807, 2.05) is 26.0 Å². The lowest BCUT2D eigenvalue weighted by atomic mass is 10.0. The molecule has 7 heteroatoms. The van der Waals surface area contributed by atoms with Gasteiger partial charge in [0.1, 0.15) is 11.3 Å². The molecule has 0 spiro atoms. The summed E-state index contributed by atoms with van der Waals surface area (Å²) >= 11 is 0. The van der Waals surface area contributed by atoms with Gasteiger partial charge < -0.3 is 19.2 Å². The second-order valence-corrected chi connectivity index (χ2v) is 7.07. The van der Waals surface area contributed by atoms with Crippen LogP contribution >= 0.6 is 0 Å². The fraction of sp³-hybridized carbons (Fsp3) is 0.524. The minimum Gasteiger partial charge on any atom is -0.496 e. The van der Waals surface area contributed by atoms with Crippen LogP contribution in [0, 0.1) is 13.8 Å². The van der Waals surface area contributed by atoms with E-state index in [2.05, 4.69) is 10.2 Å². The smallest absolute Gasteiger partial charge is 0.339 e. The lowest BCUT2D eigenvalue weighted by Crippen LogP contribution is -2.41. The van der Waals surface area contributed by atoms with Crippen LogP contribution in [0.15, 0.2) is 21.3 Å². The van der Waals surface area contributed by atoms with Crippen molar-refractivity contribution in [3.63, 3.8) is 0 Å². The zero-order valence-corrected chi connectivity index (χ0v) is 16.8. The Morgan fingerprint density at radius 3 is 2.68 bits per heavy atom. The number of carbonyl (C=O) groups excluding carboxylic acids is 1. The van der Waals surface area contributed by atoms with E-state index in [1.54, 1.807) is 7.11 Å². The number of amides is 1. The molecule has 0 atom stereocenters. The molecule has 1 amide bonds. The van der Waals surface area contributed by atoms with Gasteiger partial charge >= 0.3 is 5.63 Å². The molecule has 2 heterocycles. The maximum atomic E-state index is 12.5. The molecule has 1 aliphatic rings. The molecule has 0 unspecified atom stereocenters. The third-order valence-electron chi connectivity index (χ3n) is 5.33. The van der Waals surface area contributed by atoms with Gasteiger partial charge in [-0.25, -0.2) is 4.79 Å². The number of benzene rings is 1. The Morgan fingerprint density at radius 2 is 1.96 bits per heavy atom. The number of rotatable bonds is 7. The van der Waals surface area contributed by atoms with Crippen molar-refractivity contribution in [3.05, 3.63) is 39.2 Å². The maximum absolute atomic E-state index is 12.5. The molecule has 1 N–H and O–H groups in total. The highest BCUT2D eigenvalue weighted by Crippen LogP contribution is 2.29. The molecule has 1 aromatic carbocycles. The predicted octanol–water partition coefficient (Wildman–Crippen LogP) is 1.80. The van der Waals surface area contributed by atoms with E-state index < -0.39 is 0 Å². The van der Waals surface area contributed by atoms with Gasteiger partial charge in [0, 0.05) is 49.1 Å². The minimum atomic E-state index is -0.387. The van der Waals surface area contributed by atoms with Crippen molar-refractivity contribution < 1.29 is 18.7 Å². The number of nitrogens with zero attached hydrogens (tertiary/aromatic N) is 1. The molecule has 2 aromatic rings. The molecule has 3 rings (SSSR count). The first-order valence-electron chi connectivity index (χ1n) is 9.68. The van der Waals surface area contributed by atoms with Crippen molar-refractivity contribution in [3.8, 4) is 5.75 Å². The number of ether oxygens (including phenoxy) is 2. The molecule has 0 bridgehead atoms. The van der Waals surface area contributed by atoms with Crippen LogP contribution in [0.4, 0.5) is 0 Å². The number of aryl methyl sites for hydroxylation is 2.